The highest BCUT2D eigenvalue weighted by molar-refractivity contribution is 7.99. The Labute approximate surface area is 128 Å². The summed E-state index contributed by atoms with van der Waals surface area (Å²) in [5.41, 5.74) is 1.49. The van der Waals surface area contributed by atoms with Gasteiger partial charge in [-0.1, -0.05) is 6.07 Å². The highest BCUT2D eigenvalue weighted by Crippen LogP contribution is 2.07. The van der Waals surface area contributed by atoms with E-state index in [4.69, 9.17) is 0 Å². The van der Waals surface area contributed by atoms with Crippen LogP contribution in [0.25, 0.3) is 5.65 Å². The van der Waals surface area contributed by atoms with Crippen molar-refractivity contribution < 1.29 is 0 Å². The summed E-state index contributed by atoms with van der Waals surface area (Å²) >= 11 is 2.03. The van der Waals surface area contributed by atoms with Gasteiger partial charge in [0.25, 0.3) is 5.56 Å². The first-order valence-electron chi connectivity index (χ1n) is 7.31. The molecule has 0 aliphatic carbocycles. The normalized spacial score (nSPS) is 16.4. The van der Waals surface area contributed by atoms with E-state index in [0.29, 0.717) is 12.2 Å². The molecule has 1 saturated heterocycles. The van der Waals surface area contributed by atoms with Crippen molar-refractivity contribution in [2.24, 2.45) is 0 Å². The molecule has 1 aliphatic rings. The Hall–Kier alpha value is -1.37. The summed E-state index contributed by atoms with van der Waals surface area (Å²) < 4.78 is 1.56. The molecule has 0 amide bonds. The van der Waals surface area contributed by atoms with Crippen molar-refractivity contribution in [2.45, 2.75) is 6.54 Å². The van der Waals surface area contributed by atoms with E-state index in [0.717, 1.165) is 18.8 Å². The smallest absolute Gasteiger partial charge is 0.258 e. The molecule has 0 atom stereocenters. The Morgan fingerprint density at radius 2 is 2.14 bits per heavy atom. The third-order valence-electron chi connectivity index (χ3n) is 3.64. The molecule has 2 aromatic rings. The SMILES string of the molecule is O=c1cc(CNCCN2CCSCC2)nc2ccccn12. The number of rotatable bonds is 5. The van der Waals surface area contributed by atoms with Crippen LogP contribution < -0.4 is 10.9 Å². The zero-order valence-corrected chi connectivity index (χ0v) is 12.8. The Morgan fingerprint density at radius 1 is 1.29 bits per heavy atom. The largest absolute Gasteiger partial charge is 0.310 e. The molecule has 21 heavy (non-hydrogen) atoms. The molecule has 0 unspecified atom stereocenters. The quantitative estimate of drug-likeness (QED) is 0.829. The molecule has 3 rings (SSSR count). The number of pyridine rings is 1. The lowest BCUT2D eigenvalue weighted by atomic mass is 10.3. The van der Waals surface area contributed by atoms with Crippen LogP contribution >= 0.6 is 11.8 Å². The van der Waals surface area contributed by atoms with Gasteiger partial charge in [0.1, 0.15) is 5.65 Å². The number of nitrogens with one attached hydrogen (secondary N) is 1. The first kappa shape index (κ1) is 14.6. The lowest BCUT2D eigenvalue weighted by Crippen LogP contribution is -2.37. The standard InChI is InChI=1S/C15H20N4OS/c20-15-11-13(17-14-3-1-2-5-19(14)15)12-16-4-6-18-7-9-21-10-8-18/h1-3,5,11,16H,4,6-10,12H2. The van der Waals surface area contributed by atoms with Crippen LogP contribution in [-0.2, 0) is 6.54 Å². The lowest BCUT2D eigenvalue weighted by molar-refractivity contribution is 0.301. The average Bonchev–Trinajstić information content (AvgIpc) is 2.53. The monoisotopic (exact) mass is 304 g/mol. The van der Waals surface area contributed by atoms with E-state index in [1.165, 1.54) is 24.6 Å². The fourth-order valence-electron chi connectivity index (χ4n) is 2.47. The van der Waals surface area contributed by atoms with Crippen LogP contribution in [0.2, 0.25) is 0 Å². The van der Waals surface area contributed by atoms with Crippen molar-refractivity contribution in [1.82, 2.24) is 19.6 Å². The van der Waals surface area contributed by atoms with Gasteiger partial charge < -0.3 is 10.2 Å². The van der Waals surface area contributed by atoms with Gasteiger partial charge in [0, 0.05) is 56.5 Å². The summed E-state index contributed by atoms with van der Waals surface area (Å²) in [7, 11) is 0. The molecule has 6 heteroatoms. The Kier molecular flexibility index (Phi) is 4.90. The van der Waals surface area contributed by atoms with Crippen LogP contribution in [0.4, 0.5) is 0 Å². The third kappa shape index (κ3) is 3.84. The molecule has 2 aromatic heterocycles. The maximum absolute atomic E-state index is 12.0. The van der Waals surface area contributed by atoms with Crippen LogP contribution in [0.5, 0.6) is 0 Å². The van der Waals surface area contributed by atoms with Crippen molar-refractivity contribution in [3.63, 3.8) is 0 Å². The maximum Gasteiger partial charge on any atom is 0.258 e. The van der Waals surface area contributed by atoms with E-state index in [1.807, 2.05) is 30.0 Å². The van der Waals surface area contributed by atoms with E-state index < -0.39 is 0 Å². The molecular formula is C15H20N4OS. The molecule has 5 nitrogen and oxygen atoms in total. The molecule has 0 saturated carbocycles. The van der Waals surface area contributed by atoms with E-state index in [-0.39, 0.29) is 5.56 Å². The first-order valence-corrected chi connectivity index (χ1v) is 8.46. The highest BCUT2D eigenvalue weighted by Gasteiger charge is 2.09. The molecule has 1 fully saturated rings. The Morgan fingerprint density at radius 3 is 3.00 bits per heavy atom. The van der Waals surface area contributed by atoms with Gasteiger partial charge in [-0.15, -0.1) is 0 Å². The Bertz CT molecular complexity index is 651. The van der Waals surface area contributed by atoms with Gasteiger partial charge in [0.05, 0.1) is 5.69 Å². The number of nitrogens with zero attached hydrogens (tertiary/aromatic N) is 3. The van der Waals surface area contributed by atoms with E-state index in [2.05, 4.69) is 15.2 Å². The summed E-state index contributed by atoms with van der Waals surface area (Å²) in [5.74, 6) is 2.48. The second-order valence-corrected chi connectivity index (χ2v) is 6.37. The highest BCUT2D eigenvalue weighted by atomic mass is 32.2. The van der Waals surface area contributed by atoms with Gasteiger partial charge >= 0.3 is 0 Å². The number of thioether (sulfide) groups is 1. The zero-order valence-electron chi connectivity index (χ0n) is 12.0. The van der Waals surface area contributed by atoms with Crippen molar-refractivity contribution in [2.75, 3.05) is 37.7 Å². The van der Waals surface area contributed by atoms with E-state index in [9.17, 15) is 4.79 Å². The topological polar surface area (TPSA) is 49.6 Å². The summed E-state index contributed by atoms with van der Waals surface area (Å²) in [4.78, 5) is 18.9. The Balaban J connectivity index is 1.54. The molecule has 3 heterocycles. The molecule has 1 N–H and O–H groups in total. The number of aromatic nitrogens is 2. The number of hydrogen-bond acceptors (Lipinski definition) is 5. The van der Waals surface area contributed by atoms with Gasteiger partial charge in [0.2, 0.25) is 0 Å². The first-order chi connectivity index (χ1) is 10.3. The van der Waals surface area contributed by atoms with E-state index >= 15 is 0 Å². The summed E-state index contributed by atoms with van der Waals surface area (Å²) in [6, 6.07) is 7.20. The summed E-state index contributed by atoms with van der Waals surface area (Å²) in [5, 5.41) is 3.38. The second kappa shape index (κ2) is 7.06. The van der Waals surface area contributed by atoms with E-state index in [1.54, 1.807) is 16.7 Å². The number of fused-ring (bicyclic) bond motifs is 1. The van der Waals surface area contributed by atoms with Gasteiger partial charge in [-0.3, -0.25) is 9.20 Å². The van der Waals surface area contributed by atoms with Crippen LogP contribution in [0.3, 0.4) is 0 Å². The zero-order chi connectivity index (χ0) is 14.5. The fourth-order valence-corrected chi connectivity index (χ4v) is 3.45. The van der Waals surface area contributed by atoms with Crippen LogP contribution in [0.15, 0.2) is 35.3 Å². The maximum atomic E-state index is 12.0. The molecule has 0 spiro atoms. The molecular weight excluding hydrogens is 284 g/mol. The molecule has 1 aliphatic heterocycles. The van der Waals surface area contributed by atoms with Crippen LogP contribution in [-0.4, -0.2) is 52.0 Å². The summed E-state index contributed by atoms with van der Waals surface area (Å²) in [6.45, 7) is 5.00. The fraction of sp³-hybridized carbons (Fsp3) is 0.467. The van der Waals surface area contributed by atoms with Crippen LogP contribution in [0.1, 0.15) is 5.69 Å². The third-order valence-corrected chi connectivity index (χ3v) is 4.58. The van der Waals surface area contributed by atoms with Crippen molar-refractivity contribution in [3.8, 4) is 0 Å². The van der Waals surface area contributed by atoms with Gasteiger partial charge in [-0.05, 0) is 12.1 Å². The summed E-state index contributed by atoms with van der Waals surface area (Å²) in [6.07, 6.45) is 1.75. The van der Waals surface area contributed by atoms with Crippen molar-refractivity contribution >= 4 is 17.4 Å². The minimum Gasteiger partial charge on any atom is -0.310 e. The van der Waals surface area contributed by atoms with Gasteiger partial charge in [0.15, 0.2) is 0 Å². The molecule has 0 radical (unpaired) electrons. The van der Waals surface area contributed by atoms with Gasteiger partial charge in [-0.2, -0.15) is 11.8 Å². The minimum atomic E-state index is -0.0227. The minimum absolute atomic E-state index is 0.0227. The number of hydrogen-bond donors (Lipinski definition) is 1. The molecule has 0 aromatic carbocycles. The lowest BCUT2D eigenvalue weighted by Gasteiger charge is -2.26. The van der Waals surface area contributed by atoms with Crippen LogP contribution in [0, 0.1) is 0 Å². The predicted octanol–water partition coefficient (Wildman–Crippen LogP) is 0.833. The second-order valence-electron chi connectivity index (χ2n) is 5.15. The van der Waals surface area contributed by atoms with Gasteiger partial charge in [-0.25, -0.2) is 4.98 Å². The average molecular weight is 304 g/mol. The van der Waals surface area contributed by atoms with Crippen molar-refractivity contribution in [3.05, 3.63) is 46.5 Å². The van der Waals surface area contributed by atoms with Crippen molar-refractivity contribution in [1.29, 1.82) is 0 Å². The predicted molar refractivity (Wildman–Crippen MR) is 86.9 cm³/mol. The molecule has 112 valence electrons. The molecule has 0 bridgehead atoms.